The van der Waals surface area contributed by atoms with E-state index in [-0.39, 0.29) is 17.9 Å². The first kappa shape index (κ1) is 21.7. The summed E-state index contributed by atoms with van der Waals surface area (Å²) in [6.45, 7) is 6.89. The van der Waals surface area contributed by atoms with Crippen molar-refractivity contribution in [3.8, 4) is 0 Å². The molecule has 30 heavy (non-hydrogen) atoms. The third kappa shape index (κ3) is 6.01. The summed E-state index contributed by atoms with van der Waals surface area (Å²) in [5.41, 5.74) is 8.54. The summed E-state index contributed by atoms with van der Waals surface area (Å²) in [5.74, 6) is 0.0433. The van der Waals surface area contributed by atoms with Gasteiger partial charge in [0.1, 0.15) is 11.9 Å². The number of rotatable bonds is 7. The lowest BCUT2D eigenvalue weighted by Gasteiger charge is -2.33. The van der Waals surface area contributed by atoms with Crippen LogP contribution in [0.4, 0.5) is 5.82 Å². The number of carbonyl (C=O) groups excluding carboxylic acids is 2. The highest BCUT2D eigenvalue weighted by Gasteiger charge is 2.27. The SMILES string of the molecule is Cc1nc(N)ccc1CNC(=O)[C@H](C)NC(=O)[C@H]1CN(Cc2ccccc2)CCN1. The highest BCUT2D eigenvalue weighted by molar-refractivity contribution is 5.89. The molecular weight excluding hydrogens is 380 g/mol. The zero-order valence-electron chi connectivity index (χ0n) is 17.5. The molecule has 1 aliphatic rings. The summed E-state index contributed by atoms with van der Waals surface area (Å²) in [6, 6.07) is 12.8. The van der Waals surface area contributed by atoms with Gasteiger partial charge in [-0.3, -0.25) is 14.5 Å². The van der Waals surface area contributed by atoms with Crippen molar-refractivity contribution < 1.29 is 9.59 Å². The second-order valence-electron chi connectivity index (χ2n) is 7.66. The van der Waals surface area contributed by atoms with Gasteiger partial charge in [0.05, 0.1) is 6.04 Å². The van der Waals surface area contributed by atoms with Crippen LogP contribution in [0, 0.1) is 6.92 Å². The summed E-state index contributed by atoms with van der Waals surface area (Å²) < 4.78 is 0. The van der Waals surface area contributed by atoms with Crippen LogP contribution in [0.25, 0.3) is 0 Å². The van der Waals surface area contributed by atoms with Gasteiger partial charge in [-0.15, -0.1) is 0 Å². The van der Waals surface area contributed by atoms with E-state index in [2.05, 4.69) is 38.0 Å². The van der Waals surface area contributed by atoms with Gasteiger partial charge in [-0.25, -0.2) is 4.98 Å². The van der Waals surface area contributed by atoms with E-state index >= 15 is 0 Å². The van der Waals surface area contributed by atoms with Crippen LogP contribution in [0.15, 0.2) is 42.5 Å². The van der Waals surface area contributed by atoms with Crippen LogP contribution in [0.3, 0.4) is 0 Å². The number of aryl methyl sites for hydroxylation is 1. The van der Waals surface area contributed by atoms with E-state index in [9.17, 15) is 9.59 Å². The molecular formula is C22H30N6O2. The van der Waals surface area contributed by atoms with Crippen molar-refractivity contribution in [1.82, 2.24) is 25.8 Å². The number of pyridine rings is 1. The molecule has 0 unspecified atom stereocenters. The van der Waals surface area contributed by atoms with Crippen molar-refractivity contribution >= 4 is 17.6 Å². The van der Waals surface area contributed by atoms with E-state index in [1.807, 2.05) is 31.2 Å². The molecule has 1 aliphatic heterocycles. The van der Waals surface area contributed by atoms with Gasteiger partial charge in [-0.05, 0) is 31.0 Å². The molecule has 0 aliphatic carbocycles. The average molecular weight is 411 g/mol. The van der Waals surface area contributed by atoms with E-state index in [1.54, 1.807) is 13.0 Å². The fourth-order valence-electron chi connectivity index (χ4n) is 3.48. The number of carbonyl (C=O) groups is 2. The Balaban J connectivity index is 1.47. The van der Waals surface area contributed by atoms with Crippen LogP contribution < -0.4 is 21.7 Å². The predicted molar refractivity (Wildman–Crippen MR) is 116 cm³/mol. The summed E-state index contributed by atoms with van der Waals surface area (Å²) in [4.78, 5) is 31.5. The predicted octanol–water partition coefficient (Wildman–Crippen LogP) is 0.567. The first-order chi connectivity index (χ1) is 14.4. The molecule has 1 fully saturated rings. The summed E-state index contributed by atoms with van der Waals surface area (Å²) in [7, 11) is 0. The van der Waals surface area contributed by atoms with Crippen molar-refractivity contribution in [2.75, 3.05) is 25.4 Å². The number of nitrogens with zero attached hydrogens (tertiary/aromatic N) is 2. The maximum absolute atomic E-state index is 12.7. The minimum absolute atomic E-state index is 0.166. The molecule has 0 radical (unpaired) electrons. The molecule has 0 saturated carbocycles. The van der Waals surface area contributed by atoms with Gasteiger partial charge in [-0.2, -0.15) is 0 Å². The van der Waals surface area contributed by atoms with Gasteiger partial charge in [0.15, 0.2) is 0 Å². The molecule has 2 amide bonds. The Bertz CT molecular complexity index is 873. The van der Waals surface area contributed by atoms with E-state index in [0.29, 0.717) is 18.9 Å². The van der Waals surface area contributed by atoms with Crippen molar-refractivity contribution in [2.45, 2.75) is 39.0 Å². The summed E-state index contributed by atoms with van der Waals surface area (Å²) >= 11 is 0. The standard InChI is InChI=1S/C22H30N6O2/c1-15-18(8-9-20(23)26-15)12-25-21(29)16(2)27-22(30)19-14-28(11-10-24-19)13-17-6-4-3-5-7-17/h3-9,16,19,24H,10-14H2,1-2H3,(H2,23,26)(H,25,29)(H,27,30)/t16-,19+/m0/s1. The van der Waals surface area contributed by atoms with Crippen LogP contribution in [0.1, 0.15) is 23.7 Å². The number of nitrogens with two attached hydrogens (primary N) is 1. The van der Waals surface area contributed by atoms with Crippen LogP contribution >= 0.6 is 0 Å². The van der Waals surface area contributed by atoms with Gasteiger partial charge in [0.25, 0.3) is 0 Å². The number of anilines is 1. The van der Waals surface area contributed by atoms with Gasteiger partial charge in [-0.1, -0.05) is 36.4 Å². The fraction of sp³-hybridized carbons (Fsp3) is 0.409. The topological polar surface area (TPSA) is 112 Å². The van der Waals surface area contributed by atoms with Gasteiger partial charge in [0, 0.05) is 38.4 Å². The number of aromatic nitrogens is 1. The normalized spacial score (nSPS) is 17.9. The number of nitrogens with one attached hydrogen (secondary N) is 3. The van der Waals surface area contributed by atoms with Crippen LogP contribution in [0.2, 0.25) is 0 Å². The molecule has 2 aromatic rings. The molecule has 5 N–H and O–H groups in total. The molecule has 2 atom stereocenters. The first-order valence-electron chi connectivity index (χ1n) is 10.2. The molecule has 8 heteroatoms. The van der Waals surface area contributed by atoms with Crippen LogP contribution in [0.5, 0.6) is 0 Å². The zero-order chi connectivity index (χ0) is 21.5. The molecule has 8 nitrogen and oxygen atoms in total. The summed E-state index contributed by atoms with van der Waals surface area (Å²) in [6.07, 6.45) is 0. The zero-order valence-corrected chi connectivity index (χ0v) is 17.5. The minimum Gasteiger partial charge on any atom is -0.384 e. The Hall–Kier alpha value is -2.97. The molecule has 2 heterocycles. The summed E-state index contributed by atoms with van der Waals surface area (Å²) in [5, 5.41) is 8.91. The van der Waals surface area contributed by atoms with Gasteiger partial charge >= 0.3 is 0 Å². The van der Waals surface area contributed by atoms with E-state index in [0.717, 1.165) is 30.9 Å². The van der Waals surface area contributed by atoms with Crippen molar-refractivity contribution in [3.05, 3.63) is 59.3 Å². The third-order valence-electron chi connectivity index (χ3n) is 5.25. The number of hydrogen-bond donors (Lipinski definition) is 4. The highest BCUT2D eigenvalue weighted by atomic mass is 16.2. The van der Waals surface area contributed by atoms with Gasteiger partial charge < -0.3 is 21.7 Å². The number of benzene rings is 1. The van der Waals surface area contributed by atoms with Crippen molar-refractivity contribution in [1.29, 1.82) is 0 Å². The Morgan fingerprint density at radius 3 is 2.77 bits per heavy atom. The lowest BCUT2D eigenvalue weighted by molar-refractivity contribution is -0.130. The lowest BCUT2D eigenvalue weighted by atomic mass is 10.1. The van der Waals surface area contributed by atoms with Crippen molar-refractivity contribution in [3.63, 3.8) is 0 Å². The first-order valence-corrected chi connectivity index (χ1v) is 10.2. The third-order valence-corrected chi connectivity index (χ3v) is 5.25. The maximum atomic E-state index is 12.7. The molecule has 1 saturated heterocycles. The molecule has 0 spiro atoms. The number of nitrogen functional groups attached to an aromatic ring is 1. The monoisotopic (exact) mass is 410 g/mol. The number of amides is 2. The molecule has 1 aromatic carbocycles. The van der Waals surface area contributed by atoms with E-state index in [4.69, 9.17) is 5.73 Å². The largest absolute Gasteiger partial charge is 0.384 e. The Labute approximate surface area is 177 Å². The Morgan fingerprint density at radius 2 is 2.03 bits per heavy atom. The maximum Gasteiger partial charge on any atom is 0.242 e. The molecule has 1 aromatic heterocycles. The number of hydrogen-bond acceptors (Lipinski definition) is 6. The van der Waals surface area contributed by atoms with Crippen molar-refractivity contribution in [2.24, 2.45) is 0 Å². The molecule has 160 valence electrons. The minimum atomic E-state index is -0.633. The molecule has 3 rings (SSSR count). The lowest BCUT2D eigenvalue weighted by Crippen LogP contribution is -2.59. The Morgan fingerprint density at radius 1 is 1.27 bits per heavy atom. The highest BCUT2D eigenvalue weighted by Crippen LogP contribution is 2.09. The fourth-order valence-corrected chi connectivity index (χ4v) is 3.48. The average Bonchev–Trinajstić information content (AvgIpc) is 2.73. The van der Waals surface area contributed by atoms with Gasteiger partial charge in [0.2, 0.25) is 11.8 Å². The second-order valence-corrected chi connectivity index (χ2v) is 7.66. The van der Waals surface area contributed by atoms with E-state index in [1.165, 1.54) is 5.56 Å². The van der Waals surface area contributed by atoms with Crippen LogP contribution in [-0.4, -0.2) is 53.4 Å². The second kappa shape index (κ2) is 10.2. The van der Waals surface area contributed by atoms with Crippen LogP contribution in [-0.2, 0) is 22.7 Å². The van der Waals surface area contributed by atoms with E-state index < -0.39 is 6.04 Å². The number of piperazine rings is 1. The Kier molecular flexibility index (Phi) is 7.37. The smallest absolute Gasteiger partial charge is 0.242 e. The quantitative estimate of drug-likeness (QED) is 0.531. The molecule has 0 bridgehead atoms.